The molecule has 6 heteroatoms. The maximum absolute atomic E-state index is 5.23. The number of piperidine rings is 1. The van der Waals surface area contributed by atoms with Gasteiger partial charge in [-0.2, -0.15) is 5.10 Å². The van der Waals surface area contributed by atoms with Gasteiger partial charge in [0.1, 0.15) is 11.6 Å². The van der Waals surface area contributed by atoms with Crippen LogP contribution in [0.5, 0.6) is 5.75 Å². The molecule has 0 aliphatic carbocycles. The number of nitrogens with zero attached hydrogens (tertiary/aromatic N) is 2. The first-order valence-electron chi connectivity index (χ1n) is 6.64. The first-order chi connectivity index (χ1) is 9.36. The van der Waals surface area contributed by atoms with Gasteiger partial charge in [0.25, 0.3) is 0 Å². The second kappa shape index (κ2) is 6.72. The molecule has 1 aromatic heterocycles. The second-order valence-corrected chi connectivity index (χ2v) is 4.80. The van der Waals surface area contributed by atoms with E-state index in [1.807, 2.05) is 24.3 Å². The van der Waals surface area contributed by atoms with E-state index in [-0.39, 0.29) is 12.4 Å². The molecule has 2 aromatic rings. The monoisotopic (exact) mass is 294 g/mol. The molecule has 20 heavy (non-hydrogen) atoms. The Balaban J connectivity index is 0.00000147. The standard InChI is InChI=1S/C14H18N4O.ClH/c1-19-12-4-2-3-11(9-12)14-16-13(17-18-14)10-5-7-15-8-6-10;/h2-4,9-10,15H,5-8H2,1H3,(H,16,17,18);1H. The van der Waals surface area contributed by atoms with Gasteiger partial charge in [-0.3, -0.25) is 5.10 Å². The number of nitrogens with one attached hydrogen (secondary N) is 2. The fourth-order valence-electron chi connectivity index (χ4n) is 2.44. The maximum Gasteiger partial charge on any atom is 0.181 e. The molecule has 108 valence electrons. The van der Waals surface area contributed by atoms with Gasteiger partial charge in [0, 0.05) is 11.5 Å². The van der Waals surface area contributed by atoms with Crippen molar-refractivity contribution in [2.45, 2.75) is 18.8 Å². The van der Waals surface area contributed by atoms with Crippen molar-refractivity contribution in [3.63, 3.8) is 0 Å². The number of hydrogen-bond acceptors (Lipinski definition) is 4. The summed E-state index contributed by atoms with van der Waals surface area (Å²) in [5, 5.41) is 10.8. The van der Waals surface area contributed by atoms with Crippen molar-refractivity contribution in [2.24, 2.45) is 0 Å². The Hall–Kier alpha value is -1.59. The van der Waals surface area contributed by atoms with E-state index < -0.39 is 0 Å². The molecule has 1 fully saturated rings. The molecule has 5 nitrogen and oxygen atoms in total. The van der Waals surface area contributed by atoms with Gasteiger partial charge in [-0.1, -0.05) is 12.1 Å². The highest BCUT2D eigenvalue weighted by Crippen LogP contribution is 2.25. The van der Waals surface area contributed by atoms with Crippen molar-refractivity contribution in [1.29, 1.82) is 0 Å². The van der Waals surface area contributed by atoms with Gasteiger partial charge in [-0.05, 0) is 38.1 Å². The lowest BCUT2D eigenvalue weighted by Crippen LogP contribution is -2.27. The Morgan fingerprint density at radius 3 is 2.80 bits per heavy atom. The molecule has 1 aliphatic rings. The third-order valence-corrected chi connectivity index (χ3v) is 3.56. The fraction of sp³-hybridized carbons (Fsp3) is 0.429. The Kier molecular flexibility index (Phi) is 4.98. The van der Waals surface area contributed by atoms with Gasteiger partial charge >= 0.3 is 0 Å². The number of H-pyrrole nitrogens is 1. The minimum Gasteiger partial charge on any atom is -0.497 e. The predicted octanol–water partition coefficient (Wildman–Crippen LogP) is 2.37. The highest BCUT2D eigenvalue weighted by atomic mass is 35.5. The molecule has 2 heterocycles. The number of halogens is 1. The highest BCUT2D eigenvalue weighted by molar-refractivity contribution is 5.85. The van der Waals surface area contributed by atoms with Crippen molar-refractivity contribution in [2.75, 3.05) is 20.2 Å². The van der Waals surface area contributed by atoms with E-state index in [0.29, 0.717) is 5.92 Å². The largest absolute Gasteiger partial charge is 0.497 e. The van der Waals surface area contributed by atoms with Crippen molar-refractivity contribution in [1.82, 2.24) is 20.5 Å². The zero-order valence-corrected chi connectivity index (χ0v) is 12.2. The summed E-state index contributed by atoms with van der Waals surface area (Å²) >= 11 is 0. The Labute approximate surface area is 124 Å². The summed E-state index contributed by atoms with van der Waals surface area (Å²) in [5.41, 5.74) is 0.982. The number of aromatic amines is 1. The zero-order chi connectivity index (χ0) is 13.1. The van der Waals surface area contributed by atoms with Crippen molar-refractivity contribution in [3.8, 4) is 17.1 Å². The Morgan fingerprint density at radius 1 is 1.25 bits per heavy atom. The molecule has 0 unspecified atom stereocenters. The van der Waals surface area contributed by atoms with Crippen LogP contribution in [-0.2, 0) is 0 Å². The van der Waals surface area contributed by atoms with Crippen LogP contribution in [0.3, 0.4) is 0 Å². The van der Waals surface area contributed by atoms with E-state index in [0.717, 1.165) is 48.9 Å². The molecule has 2 N–H and O–H groups in total. The Bertz CT molecular complexity index is 552. The summed E-state index contributed by atoms with van der Waals surface area (Å²) < 4.78 is 5.23. The normalized spacial score (nSPS) is 15.7. The van der Waals surface area contributed by atoms with Crippen LogP contribution in [0.15, 0.2) is 24.3 Å². The van der Waals surface area contributed by atoms with E-state index in [2.05, 4.69) is 20.5 Å². The predicted molar refractivity (Wildman–Crippen MR) is 80.5 cm³/mol. The van der Waals surface area contributed by atoms with Crippen LogP contribution in [0.1, 0.15) is 24.6 Å². The summed E-state index contributed by atoms with van der Waals surface area (Å²) in [6, 6.07) is 7.83. The Morgan fingerprint density at radius 2 is 2.05 bits per heavy atom. The van der Waals surface area contributed by atoms with Crippen LogP contribution in [0.2, 0.25) is 0 Å². The summed E-state index contributed by atoms with van der Waals surface area (Å²) in [4.78, 5) is 4.63. The molecular weight excluding hydrogens is 276 g/mol. The molecule has 0 atom stereocenters. The molecule has 3 rings (SSSR count). The van der Waals surface area contributed by atoms with Crippen LogP contribution >= 0.6 is 12.4 Å². The zero-order valence-electron chi connectivity index (χ0n) is 11.4. The molecule has 0 spiro atoms. The molecular formula is C14H19ClN4O. The number of aromatic nitrogens is 3. The second-order valence-electron chi connectivity index (χ2n) is 4.80. The summed E-state index contributed by atoms with van der Waals surface area (Å²) in [7, 11) is 1.66. The number of hydrogen-bond donors (Lipinski definition) is 2. The van der Waals surface area contributed by atoms with Gasteiger partial charge in [-0.25, -0.2) is 4.98 Å². The first kappa shape index (κ1) is 14.8. The van der Waals surface area contributed by atoms with Crippen molar-refractivity contribution < 1.29 is 4.74 Å². The van der Waals surface area contributed by atoms with Crippen molar-refractivity contribution in [3.05, 3.63) is 30.1 Å². The molecule has 0 amide bonds. The van der Waals surface area contributed by atoms with E-state index in [1.165, 1.54) is 0 Å². The number of ether oxygens (including phenoxy) is 1. The summed E-state index contributed by atoms with van der Waals surface area (Å²) in [6.07, 6.45) is 2.24. The van der Waals surface area contributed by atoms with E-state index >= 15 is 0 Å². The minimum atomic E-state index is 0. The number of benzene rings is 1. The van der Waals surface area contributed by atoms with Gasteiger partial charge in [0.2, 0.25) is 0 Å². The molecule has 0 saturated carbocycles. The van der Waals surface area contributed by atoms with E-state index in [9.17, 15) is 0 Å². The van der Waals surface area contributed by atoms with Crippen LogP contribution in [-0.4, -0.2) is 35.4 Å². The van der Waals surface area contributed by atoms with Gasteiger partial charge in [-0.15, -0.1) is 12.4 Å². The molecule has 0 bridgehead atoms. The summed E-state index contributed by atoms with van der Waals surface area (Å²) in [5.74, 6) is 3.06. The number of methoxy groups -OCH3 is 1. The van der Waals surface area contributed by atoms with Gasteiger partial charge in [0.05, 0.1) is 7.11 Å². The SMILES string of the molecule is COc1cccc(-c2n[nH]c(C3CCNCC3)n2)c1.Cl. The molecule has 1 saturated heterocycles. The third-order valence-electron chi connectivity index (χ3n) is 3.56. The first-order valence-corrected chi connectivity index (χ1v) is 6.64. The van der Waals surface area contributed by atoms with Crippen LogP contribution in [0.4, 0.5) is 0 Å². The van der Waals surface area contributed by atoms with Crippen molar-refractivity contribution >= 4 is 12.4 Å². The lowest BCUT2D eigenvalue weighted by atomic mass is 9.98. The third kappa shape index (κ3) is 3.11. The lowest BCUT2D eigenvalue weighted by molar-refractivity contribution is 0.415. The molecule has 1 aliphatic heterocycles. The van der Waals surface area contributed by atoms with Gasteiger partial charge < -0.3 is 10.1 Å². The maximum atomic E-state index is 5.23. The lowest BCUT2D eigenvalue weighted by Gasteiger charge is -2.19. The fourth-order valence-corrected chi connectivity index (χ4v) is 2.44. The van der Waals surface area contributed by atoms with E-state index in [4.69, 9.17) is 4.74 Å². The average Bonchev–Trinajstić information content (AvgIpc) is 2.98. The van der Waals surface area contributed by atoms with Crippen LogP contribution in [0, 0.1) is 0 Å². The number of rotatable bonds is 3. The van der Waals surface area contributed by atoms with Crippen LogP contribution in [0.25, 0.3) is 11.4 Å². The quantitative estimate of drug-likeness (QED) is 0.912. The average molecular weight is 295 g/mol. The topological polar surface area (TPSA) is 62.8 Å². The minimum absolute atomic E-state index is 0. The highest BCUT2D eigenvalue weighted by Gasteiger charge is 2.19. The van der Waals surface area contributed by atoms with Gasteiger partial charge in [0.15, 0.2) is 5.82 Å². The van der Waals surface area contributed by atoms with E-state index in [1.54, 1.807) is 7.11 Å². The summed E-state index contributed by atoms with van der Waals surface area (Å²) in [6.45, 7) is 2.11. The smallest absolute Gasteiger partial charge is 0.181 e. The molecule has 1 aromatic carbocycles. The molecule has 0 radical (unpaired) electrons. The van der Waals surface area contributed by atoms with Crippen LogP contribution < -0.4 is 10.1 Å².